The lowest BCUT2D eigenvalue weighted by atomic mass is 10.0. The van der Waals surface area contributed by atoms with E-state index in [4.69, 9.17) is 21.1 Å². The van der Waals surface area contributed by atoms with Crippen LogP contribution >= 0.6 is 11.6 Å². The molecule has 0 radical (unpaired) electrons. The zero-order valence-electron chi connectivity index (χ0n) is 15.5. The van der Waals surface area contributed by atoms with Crippen LogP contribution in [-0.2, 0) is 13.0 Å². The van der Waals surface area contributed by atoms with Crippen molar-refractivity contribution in [3.8, 4) is 11.5 Å². The molecule has 1 N–H and O–H groups in total. The Morgan fingerprint density at radius 2 is 1.96 bits per heavy atom. The lowest BCUT2D eigenvalue weighted by Crippen LogP contribution is -2.06. The second kappa shape index (κ2) is 9.93. The first-order valence-electron chi connectivity index (χ1n) is 8.72. The zero-order chi connectivity index (χ0) is 18.9. The molecule has 0 aromatic heterocycles. The number of ether oxygens (including phenoxy) is 2. The second-order valence-corrected chi connectivity index (χ2v) is 6.28. The van der Waals surface area contributed by atoms with Crippen molar-refractivity contribution in [3.05, 3.63) is 77.4 Å². The topological polar surface area (TPSA) is 30.5 Å². The minimum absolute atomic E-state index is 0.434. The van der Waals surface area contributed by atoms with E-state index in [0.717, 1.165) is 38.9 Å². The summed E-state index contributed by atoms with van der Waals surface area (Å²) >= 11 is 6.20. The fourth-order valence-electron chi connectivity index (χ4n) is 2.70. The fourth-order valence-corrected chi connectivity index (χ4v) is 2.87. The van der Waals surface area contributed by atoms with Crippen LogP contribution in [0.2, 0.25) is 5.02 Å². The molecule has 0 unspecified atom stereocenters. The van der Waals surface area contributed by atoms with Crippen molar-refractivity contribution in [2.75, 3.05) is 18.5 Å². The molecule has 0 aliphatic carbocycles. The van der Waals surface area contributed by atoms with Crippen LogP contribution in [0.25, 0.3) is 0 Å². The van der Waals surface area contributed by atoms with E-state index in [1.807, 2.05) is 44.2 Å². The monoisotopic (exact) mass is 371 g/mol. The van der Waals surface area contributed by atoms with E-state index in [9.17, 15) is 0 Å². The fraction of sp³-hybridized carbons (Fsp3) is 0.273. The molecule has 0 fully saturated rings. The van der Waals surface area contributed by atoms with E-state index in [-0.39, 0.29) is 0 Å². The van der Waals surface area contributed by atoms with Crippen molar-refractivity contribution in [2.24, 2.45) is 0 Å². The third-order valence-electron chi connectivity index (χ3n) is 3.95. The average Bonchev–Trinajstić information content (AvgIpc) is 2.63. The van der Waals surface area contributed by atoms with Crippen molar-refractivity contribution < 1.29 is 9.47 Å². The molecule has 26 heavy (non-hydrogen) atoms. The molecule has 0 saturated heterocycles. The standard InChI is InChI=1S/C22H26ClNO2/c1-5-9-18-13-17(14-21(25-7-3)22(18)26-12-6-2)15-24-20-11-8-10-19(23)16(20)4/h5-6,8,10-11,13-14,24H,1-2,7,9,12,15H2,3-4H3. The summed E-state index contributed by atoms with van der Waals surface area (Å²) < 4.78 is 11.7. The van der Waals surface area contributed by atoms with Crippen LogP contribution in [0.5, 0.6) is 11.5 Å². The lowest BCUT2D eigenvalue weighted by Gasteiger charge is -2.18. The first-order valence-corrected chi connectivity index (χ1v) is 9.10. The van der Waals surface area contributed by atoms with Crippen LogP contribution in [0, 0.1) is 6.92 Å². The van der Waals surface area contributed by atoms with E-state index >= 15 is 0 Å². The summed E-state index contributed by atoms with van der Waals surface area (Å²) in [6.07, 6.45) is 4.30. The maximum Gasteiger partial charge on any atom is 0.165 e. The maximum atomic E-state index is 6.20. The Balaban J connectivity index is 2.30. The molecule has 0 atom stereocenters. The van der Waals surface area contributed by atoms with Crippen LogP contribution in [0.3, 0.4) is 0 Å². The lowest BCUT2D eigenvalue weighted by molar-refractivity contribution is 0.294. The van der Waals surface area contributed by atoms with Crippen molar-refractivity contribution in [1.82, 2.24) is 0 Å². The number of halogens is 1. The second-order valence-electron chi connectivity index (χ2n) is 5.87. The van der Waals surface area contributed by atoms with Gasteiger partial charge < -0.3 is 14.8 Å². The average molecular weight is 372 g/mol. The number of benzene rings is 2. The highest BCUT2D eigenvalue weighted by molar-refractivity contribution is 6.31. The number of nitrogens with one attached hydrogen (secondary N) is 1. The van der Waals surface area contributed by atoms with E-state index in [1.165, 1.54) is 0 Å². The minimum atomic E-state index is 0.434. The van der Waals surface area contributed by atoms with E-state index in [2.05, 4.69) is 24.5 Å². The molecule has 138 valence electrons. The summed E-state index contributed by atoms with van der Waals surface area (Å²) in [5.74, 6) is 1.50. The zero-order valence-corrected chi connectivity index (χ0v) is 16.2. The highest BCUT2D eigenvalue weighted by Crippen LogP contribution is 2.34. The molecule has 2 aromatic rings. The first-order chi connectivity index (χ1) is 12.6. The SMILES string of the molecule is C=CCOc1c(CC=C)cc(CNc2cccc(Cl)c2C)cc1OCC. The number of anilines is 1. The molecule has 3 nitrogen and oxygen atoms in total. The first kappa shape index (κ1) is 19.9. The van der Waals surface area contributed by atoms with Crippen molar-refractivity contribution in [3.63, 3.8) is 0 Å². The maximum absolute atomic E-state index is 6.20. The summed E-state index contributed by atoms with van der Waals surface area (Å²) in [6.45, 7) is 13.2. The summed E-state index contributed by atoms with van der Waals surface area (Å²) in [7, 11) is 0. The van der Waals surface area contributed by atoms with Gasteiger partial charge in [-0.05, 0) is 55.7 Å². The predicted molar refractivity (Wildman–Crippen MR) is 111 cm³/mol. The van der Waals surface area contributed by atoms with Crippen molar-refractivity contribution in [1.29, 1.82) is 0 Å². The number of hydrogen-bond donors (Lipinski definition) is 1. The number of rotatable bonds is 10. The smallest absolute Gasteiger partial charge is 0.165 e. The van der Waals surface area contributed by atoms with Crippen LogP contribution in [0.15, 0.2) is 55.6 Å². The van der Waals surface area contributed by atoms with Crippen LogP contribution in [0.4, 0.5) is 5.69 Å². The highest BCUT2D eigenvalue weighted by atomic mass is 35.5. The Morgan fingerprint density at radius 1 is 1.15 bits per heavy atom. The number of allylic oxidation sites excluding steroid dienone is 1. The molecule has 0 amide bonds. The molecule has 0 bridgehead atoms. The minimum Gasteiger partial charge on any atom is -0.490 e. The normalized spacial score (nSPS) is 10.3. The summed E-state index contributed by atoms with van der Waals surface area (Å²) in [5, 5.41) is 4.20. The van der Waals surface area contributed by atoms with Crippen LogP contribution in [0.1, 0.15) is 23.6 Å². The predicted octanol–water partition coefficient (Wildman–Crippen LogP) is 5.95. The molecule has 2 rings (SSSR count). The summed E-state index contributed by atoms with van der Waals surface area (Å²) in [5.41, 5.74) is 4.22. The largest absolute Gasteiger partial charge is 0.490 e. The summed E-state index contributed by atoms with van der Waals surface area (Å²) in [4.78, 5) is 0. The van der Waals surface area contributed by atoms with Crippen molar-refractivity contribution in [2.45, 2.75) is 26.8 Å². The van der Waals surface area contributed by atoms with Gasteiger partial charge in [0.05, 0.1) is 6.61 Å². The van der Waals surface area contributed by atoms with Gasteiger partial charge in [0, 0.05) is 22.8 Å². The third kappa shape index (κ3) is 5.06. The van der Waals surface area contributed by atoms with E-state index in [0.29, 0.717) is 26.2 Å². The van der Waals surface area contributed by atoms with Crippen LogP contribution < -0.4 is 14.8 Å². The van der Waals surface area contributed by atoms with Gasteiger partial charge >= 0.3 is 0 Å². The quantitative estimate of drug-likeness (QED) is 0.523. The van der Waals surface area contributed by atoms with Gasteiger partial charge in [0.2, 0.25) is 0 Å². The molecule has 0 saturated carbocycles. The molecular weight excluding hydrogens is 346 g/mol. The van der Waals surface area contributed by atoms with Crippen LogP contribution in [-0.4, -0.2) is 13.2 Å². The van der Waals surface area contributed by atoms with Gasteiger partial charge in [0.15, 0.2) is 11.5 Å². The molecule has 2 aromatic carbocycles. The Labute approximate surface area is 161 Å². The van der Waals surface area contributed by atoms with Gasteiger partial charge in [-0.1, -0.05) is 36.4 Å². The van der Waals surface area contributed by atoms with E-state index < -0.39 is 0 Å². The van der Waals surface area contributed by atoms with E-state index in [1.54, 1.807) is 6.08 Å². The Bertz CT molecular complexity index is 771. The molecule has 0 spiro atoms. The molecule has 0 aliphatic heterocycles. The van der Waals surface area contributed by atoms with Gasteiger partial charge in [-0.2, -0.15) is 0 Å². The summed E-state index contributed by atoms with van der Waals surface area (Å²) in [6, 6.07) is 10.00. The van der Waals surface area contributed by atoms with Crippen molar-refractivity contribution >= 4 is 17.3 Å². The Kier molecular flexibility index (Phi) is 7.61. The van der Waals surface area contributed by atoms with Gasteiger partial charge in [-0.3, -0.25) is 0 Å². The molecule has 0 heterocycles. The highest BCUT2D eigenvalue weighted by Gasteiger charge is 2.13. The molecule has 0 aliphatic rings. The third-order valence-corrected chi connectivity index (χ3v) is 4.36. The van der Waals surface area contributed by atoms with Gasteiger partial charge in [-0.15, -0.1) is 6.58 Å². The molecular formula is C22H26ClNO2. The van der Waals surface area contributed by atoms with Gasteiger partial charge in [0.1, 0.15) is 6.61 Å². The Hall–Kier alpha value is -2.39. The van der Waals surface area contributed by atoms with Gasteiger partial charge in [-0.25, -0.2) is 0 Å². The molecule has 4 heteroatoms. The number of hydrogen-bond acceptors (Lipinski definition) is 3. The van der Waals surface area contributed by atoms with Gasteiger partial charge in [0.25, 0.3) is 0 Å². The Morgan fingerprint density at radius 3 is 2.65 bits per heavy atom.